The minimum absolute atomic E-state index is 0.00811. The van der Waals surface area contributed by atoms with Crippen LogP contribution in [0.5, 0.6) is 0 Å². The van der Waals surface area contributed by atoms with Gasteiger partial charge in [0.25, 0.3) is 5.91 Å². The number of benzene rings is 1. The number of nitrogen functional groups attached to an aromatic ring is 1. The van der Waals surface area contributed by atoms with Crippen molar-refractivity contribution in [3.63, 3.8) is 0 Å². The van der Waals surface area contributed by atoms with Gasteiger partial charge < -0.3 is 16.2 Å². The number of amides is 1. The van der Waals surface area contributed by atoms with Crippen molar-refractivity contribution in [2.45, 2.75) is 12.5 Å². The minimum atomic E-state index is -0.445. The molecule has 1 unspecified atom stereocenters. The van der Waals surface area contributed by atoms with Crippen molar-refractivity contribution in [1.82, 2.24) is 20.5 Å². The van der Waals surface area contributed by atoms with Gasteiger partial charge in [-0.25, -0.2) is 0 Å². The summed E-state index contributed by atoms with van der Waals surface area (Å²) in [4.78, 5) is 15.5. The van der Waals surface area contributed by atoms with E-state index in [1.807, 2.05) is 30.3 Å². The van der Waals surface area contributed by atoms with Gasteiger partial charge in [0.2, 0.25) is 11.8 Å². The van der Waals surface area contributed by atoms with Crippen LogP contribution in [0.3, 0.4) is 0 Å². The third-order valence-corrected chi connectivity index (χ3v) is 2.60. The topological polar surface area (TPSA) is 117 Å². The van der Waals surface area contributed by atoms with Gasteiger partial charge in [0.1, 0.15) is 0 Å². The normalized spacial score (nSPS) is 12.1. The third-order valence-electron chi connectivity index (χ3n) is 2.60. The maximum absolute atomic E-state index is 11.8. The van der Waals surface area contributed by atoms with Gasteiger partial charge in [-0.15, -0.1) is 5.10 Å². The Bertz CT molecular complexity index is 540. The van der Waals surface area contributed by atoms with Crippen LogP contribution < -0.4 is 11.1 Å². The minimum Gasteiger partial charge on any atom is -0.394 e. The van der Waals surface area contributed by atoms with Crippen LogP contribution in [-0.2, 0) is 6.42 Å². The maximum atomic E-state index is 11.8. The Hall–Kier alpha value is -2.41. The first-order chi connectivity index (χ1) is 9.19. The standard InChI is InChI=1S/C12H15N5O2/c13-12-15-10(16-17-12)11(19)14-9(7-18)6-8-4-2-1-3-5-8/h1-5,9,18H,6-7H2,(H,14,19)(H3,13,15,16,17). The van der Waals surface area contributed by atoms with Gasteiger partial charge in [-0.1, -0.05) is 30.3 Å². The number of H-pyrrole nitrogens is 1. The average Bonchev–Trinajstić information content (AvgIpc) is 2.86. The number of nitrogens with one attached hydrogen (secondary N) is 2. The van der Waals surface area contributed by atoms with Gasteiger partial charge in [0.15, 0.2) is 0 Å². The molecule has 1 aromatic carbocycles. The number of nitrogens with two attached hydrogens (primary N) is 1. The van der Waals surface area contributed by atoms with E-state index in [4.69, 9.17) is 5.73 Å². The highest BCUT2D eigenvalue weighted by atomic mass is 16.3. The molecule has 0 saturated heterocycles. The Kier molecular flexibility index (Phi) is 4.09. The molecule has 7 heteroatoms. The highest BCUT2D eigenvalue weighted by Crippen LogP contribution is 2.03. The lowest BCUT2D eigenvalue weighted by Crippen LogP contribution is -2.39. The molecule has 7 nitrogen and oxygen atoms in total. The highest BCUT2D eigenvalue weighted by molar-refractivity contribution is 5.90. The van der Waals surface area contributed by atoms with Gasteiger partial charge in [-0.2, -0.15) is 4.98 Å². The number of hydrogen-bond donors (Lipinski definition) is 4. The molecular weight excluding hydrogens is 246 g/mol. The van der Waals surface area contributed by atoms with Crippen LogP contribution in [0.2, 0.25) is 0 Å². The van der Waals surface area contributed by atoms with Gasteiger partial charge >= 0.3 is 0 Å². The first-order valence-electron chi connectivity index (χ1n) is 5.82. The predicted octanol–water partition coefficient (Wildman–Crippen LogP) is -0.280. The zero-order valence-electron chi connectivity index (χ0n) is 10.2. The van der Waals surface area contributed by atoms with E-state index in [0.29, 0.717) is 6.42 Å². The van der Waals surface area contributed by atoms with E-state index in [0.717, 1.165) is 5.56 Å². The van der Waals surface area contributed by atoms with E-state index in [9.17, 15) is 9.90 Å². The molecule has 0 spiro atoms. The van der Waals surface area contributed by atoms with Crippen molar-refractivity contribution in [1.29, 1.82) is 0 Å². The molecule has 0 aliphatic carbocycles. The van der Waals surface area contributed by atoms with Gasteiger partial charge in [0.05, 0.1) is 12.6 Å². The number of rotatable bonds is 5. The van der Waals surface area contributed by atoms with Crippen molar-refractivity contribution >= 4 is 11.9 Å². The van der Waals surface area contributed by atoms with Crippen LogP contribution in [-0.4, -0.2) is 38.8 Å². The molecule has 1 aromatic heterocycles. The smallest absolute Gasteiger partial charge is 0.288 e. The van der Waals surface area contributed by atoms with Crippen molar-refractivity contribution in [2.24, 2.45) is 0 Å². The van der Waals surface area contributed by atoms with Crippen molar-refractivity contribution in [3.8, 4) is 0 Å². The lowest BCUT2D eigenvalue weighted by Gasteiger charge is -2.15. The zero-order chi connectivity index (χ0) is 13.7. The molecule has 0 fully saturated rings. The number of aliphatic hydroxyl groups is 1. The second-order valence-corrected chi connectivity index (χ2v) is 4.08. The number of anilines is 1. The number of carbonyl (C=O) groups excluding carboxylic acids is 1. The maximum Gasteiger partial charge on any atom is 0.288 e. The second-order valence-electron chi connectivity index (χ2n) is 4.08. The molecule has 0 aliphatic rings. The molecule has 100 valence electrons. The third kappa shape index (κ3) is 3.52. The van der Waals surface area contributed by atoms with Gasteiger partial charge in [0, 0.05) is 0 Å². The molecule has 19 heavy (non-hydrogen) atoms. The SMILES string of the molecule is Nc1n[nH]c(C(=O)NC(CO)Cc2ccccc2)n1. The van der Waals surface area contributed by atoms with Gasteiger partial charge in [-0.05, 0) is 12.0 Å². The second kappa shape index (κ2) is 5.96. The van der Waals surface area contributed by atoms with Crippen molar-refractivity contribution in [2.75, 3.05) is 12.3 Å². The lowest BCUT2D eigenvalue weighted by atomic mass is 10.1. The summed E-state index contributed by atoms with van der Waals surface area (Å²) in [7, 11) is 0. The van der Waals surface area contributed by atoms with Crippen molar-refractivity contribution < 1.29 is 9.90 Å². The Morgan fingerprint density at radius 2 is 2.16 bits per heavy atom. The van der Waals surface area contributed by atoms with Crippen LogP contribution in [0.15, 0.2) is 30.3 Å². The molecule has 2 rings (SSSR count). The number of aliphatic hydroxyl groups excluding tert-OH is 1. The first-order valence-corrected chi connectivity index (χ1v) is 5.82. The monoisotopic (exact) mass is 261 g/mol. The molecule has 5 N–H and O–H groups in total. The summed E-state index contributed by atoms with van der Waals surface area (Å²) >= 11 is 0. The Balaban J connectivity index is 1.97. The van der Waals surface area contributed by atoms with E-state index in [1.54, 1.807) is 0 Å². The van der Waals surface area contributed by atoms with Crippen LogP contribution >= 0.6 is 0 Å². The molecule has 1 heterocycles. The molecule has 2 aromatic rings. The number of carbonyl (C=O) groups is 1. The summed E-state index contributed by atoms with van der Waals surface area (Å²) in [6, 6.07) is 9.20. The number of aromatic nitrogens is 3. The van der Waals surface area contributed by atoms with Crippen LogP contribution in [0, 0.1) is 0 Å². The molecule has 0 saturated carbocycles. The van der Waals surface area contributed by atoms with E-state index in [-0.39, 0.29) is 24.4 Å². The summed E-state index contributed by atoms with van der Waals surface area (Å²) in [5.74, 6) is -0.406. The summed E-state index contributed by atoms with van der Waals surface area (Å²) in [6.45, 7) is -0.162. The fourth-order valence-corrected chi connectivity index (χ4v) is 1.69. The number of nitrogens with zero attached hydrogens (tertiary/aromatic N) is 2. The average molecular weight is 261 g/mol. The molecule has 1 amide bonds. The van der Waals surface area contributed by atoms with E-state index < -0.39 is 5.91 Å². The Labute approximate surface area is 109 Å². The van der Waals surface area contributed by atoms with Gasteiger partial charge in [-0.3, -0.25) is 9.89 Å². The fourth-order valence-electron chi connectivity index (χ4n) is 1.69. The van der Waals surface area contributed by atoms with Crippen molar-refractivity contribution in [3.05, 3.63) is 41.7 Å². The fraction of sp³-hybridized carbons (Fsp3) is 0.250. The molecule has 0 aliphatic heterocycles. The van der Waals surface area contributed by atoms with Crippen LogP contribution in [0.1, 0.15) is 16.2 Å². The molecule has 0 radical (unpaired) electrons. The number of aromatic amines is 1. The lowest BCUT2D eigenvalue weighted by molar-refractivity contribution is 0.0906. The summed E-state index contributed by atoms with van der Waals surface area (Å²) in [5, 5.41) is 18.0. The molecular formula is C12H15N5O2. The first kappa shape index (κ1) is 13.0. The predicted molar refractivity (Wildman–Crippen MR) is 69.3 cm³/mol. The number of hydrogen-bond acceptors (Lipinski definition) is 5. The van der Waals surface area contributed by atoms with E-state index >= 15 is 0 Å². The van der Waals surface area contributed by atoms with E-state index in [2.05, 4.69) is 20.5 Å². The van der Waals surface area contributed by atoms with E-state index in [1.165, 1.54) is 0 Å². The quantitative estimate of drug-likeness (QED) is 0.590. The van der Waals surface area contributed by atoms with Crippen LogP contribution in [0.4, 0.5) is 5.95 Å². The zero-order valence-corrected chi connectivity index (χ0v) is 10.2. The molecule has 1 atom stereocenters. The largest absolute Gasteiger partial charge is 0.394 e. The highest BCUT2D eigenvalue weighted by Gasteiger charge is 2.16. The molecule has 0 bridgehead atoms. The Morgan fingerprint density at radius 3 is 2.74 bits per heavy atom. The summed E-state index contributed by atoms with van der Waals surface area (Å²) in [5.41, 5.74) is 6.35. The summed E-state index contributed by atoms with van der Waals surface area (Å²) < 4.78 is 0. The van der Waals surface area contributed by atoms with Crippen LogP contribution in [0.25, 0.3) is 0 Å². The Morgan fingerprint density at radius 1 is 1.42 bits per heavy atom. The summed E-state index contributed by atoms with van der Waals surface area (Å²) in [6.07, 6.45) is 0.534.